The van der Waals surface area contributed by atoms with E-state index in [1.807, 2.05) is 56.3 Å². The number of ether oxygens (including phenoxy) is 3. The van der Waals surface area contributed by atoms with E-state index in [4.69, 9.17) is 14.2 Å². The van der Waals surface area contributed by atoms with Crippen molar-refractivity contribution in [2.45, 2.75) is 45.1 Å². The summed E-state index contributed by atoms with van der Waals surface area (Å²) in [5.74, 6) is 0.137. The van der Waals surface area contributed by atoms with Crippen molar-refractivity contribution in [3.05, 3.63) is 53.6 Å². The van der Waals surface area contributed by atoms with Gasteiger partial charge in [0.25, 0.3) is 0 Å². The van der Waals surface area contributed by atoms with Gasteiger partial charge in [-0.2, -0.15) is 0 Å². The summed E-state index contributed by atoms with van der Waals surface area (Å²) in [6.07, 6.45) is 2.47. The lowest BCUT2D eigenvalue weighted by Gasteiger charge is -2.29. The van der Waals surface area contributed by atoms with Gasteiger partial charge in [0.1, 0.15) is 5.75 Å². The number of hydrogen-bond acceptors (Lipinski definition) is 7. The number of methoxy groups -OCH3 is 1. The Hall–Kier alpha value is -2.82. The molecule has 0 bridgehead atoms. The third kappa shape index (κ3) is 6.08. The van der Waals surface area contributed by atoms with Gasteiger partial charge in [0, 0.05) is 38.1 Å². The highest BCUT2D eigenvalue weighted by molar-refractivity contribution is 7.89. The monoisotopic (exact) mass is 546 g/mol. The largest absolute Gasteiger partial charge is 0.497 e. The zero-order chi connectivity index (χ0) is 27.3. The molecule has 0 aliphatic carbocycles. The van der Waals surface area contributed by atoms with Crippen molar-refractivity contribution < 1.29 is 32.5 Å². The van der Waals surface area contributed by atoms with E-state index < -0.39 is 28.0 Å². The van der Waals surface area contributed by atoms with Crippen molar-refractivity contribution in [2.75, 3.05) is 45.8 Å². The molecule has 2 heterocycles. The normalized spacial score (nSPS) is 21.2. The Bertz CT molecular complexity index is 1200. The number of fused-ring (bicyclic) bond motifs is 1. The molecule has 9 nitrogen and oxygen atoms in total. The highest BCUT2D eigenvalue weighted by Gasteiger charge is 2.47. The minimum absolute atomic E-state index is 0.133. The first kappa shape index (κ1) is 28.2. The van der Waals surface area contributed by atoms with E-state index in [-0.39, 0.29) is 18.5 Å². The molecular weight excluding hydrogens is 508 g/mol. The van der Waals surface area contributed by atoms with Crippen LogP contribution in [0.1, 0.15) is 56.2 Å². The number of carboxylic acids is 1. The molecule has 208 valence electrons. The highest BCUT2D eigenvalue weighted by Crippen LogP contribution is 2.47. The van der Waals surface area contributed by atoms with Crippen LogP contribution in [-0.2, 0) is 14.8 Å². The summed E-state index contributed by atoms with van der Waals surface area (Å²) in [6, 6.07) is 12.6. The van der Waals surface area contributed by atoms with Crippen LogP contribution in [-0.4, -0.2) is 74.5 Å². The number of likely N-dealkylation sites (tertiary alicyclic amines) is 1. The fourth-order valence-electron chi connectivity index (χ4n) is 5.54. The van der Waals surface area contributed by atoms with Gasteiger partial charge in [-0.15, -0.1) is 0 Å². The summed E-state index contributed by atoms with van der Waals surface area (Å²) in [5, 5.41) is 10.4. The maximum absolute atomic E-state index is 13.0. The smallest absolute Gasteiger partial charge is 0.309 e. The number of rotatable bonds is 13. The molecule has 0 unspecified atom stereocenters. The van der Waals surface area contributed by atoms with Crippen LogP contribution in [0.4, 0.5) is 0 Å². The van der Waals surface area contributed by atoms with Crippen molar-refractivity contribution in [3.63, 3.8) is 0 Å². The number of benzene rings is 2. The molecule has 3 atom stereocenters. The van der Waals surface area contributed by atoms with Crippen LogP contribution >= 0.6 is 0 Å². The molecule has 0 aromatic heterocycles. The summed E-state index contributed by atoms with van der Waals surface area (Å²) in [5.41, 5.74) is 1.72. The second-order valence-electron chi connectivity index (χ2n) is 9.81. The van der Waals surface area contributed by atoms with E-state index in [1.165, 1.54) is 4.31 Å². The molecule has 2 aromatic rings. The molecular formula is C28H38N2O7S. The Morgan fingerprint density at radius 3 is 2.45 bits per heavy atom. The summed E-state index contributed by atoms with van der Waals surface area (Å²) in [6.45, 7) is 5.61. The average Bonchev–Trinajstić information content (AvgIpc) is 3.53. The minimum atomic E-state index is -3.39. The second-order valence-corrected chi connectivity index (χ2v) is 11.9. The van der Waals surface area contributed by atoms with E-state index in [0.717, 1.165) is 24.0 Å². The minimum Gasteiger partial charge on any atom is -0.497 e. The molecule has 4 rings (SSSR count). The van der Waals surface area contributed by atoms with Gasteiger partial charge in [-0.1, -0.05) is 44.9 Å². The summed E-state index contributed by atoms with van der Waals surface area (Å²) in [4.78, 5) is 14.9. The number of aliphatic carboxylic acids is 1. The van der Waals surface area contributed by atoms with E-state index >= 15 is 0 Å². The van der Waals surface area contributed by atoms with Crippen molar-refractivity contribution in [3.8, 4) is 17.2 Å². The van der Waals surface area contributed by atoms with Crippen LogP contribution in [0.2, 0.25) is 0 Å². The number of carbonyl (C=O) groups is 1. The SMILES string of the molecule is CCCCCS(=O)(=O)N(CC)CCN1C[C@H](c2ccc3c(c2)OCO3)[C@H](C(=O)O)[C@H]1c1ccc(OC)cc1. The summed E-state index contributed by atoms with van der Waals surface area (Å²) < 4.78 is 43.8. The number of nitrogens with zero attached hydrogens (tertiary/aromatic N) is 2. The van der Waals surface area contributed by atoms with Crippen LogP contribution in [0.5, 0.6) is 17.2 Å². The van der Waals surface area contributed by atoms with Gasteiger partial charge in [-0.25, -0.2) is 12.7 Å². The maximum Gasteiger partial charge on any atom is 0.309 e. The molecule has 2 aromatic carbocycles. The van der Waals surface area contributed by atoms with Gasteiger partial charge < -0.3 is 19.3 Å². The zero-order valence-electron chi connectivity index (χ0n) is 22.3. The number of carboxylic acid groups (broad SMARTS) is 1. The molecule has 38 heavy (non-hydrogen) atoms. The summed E-state index contributed by atoms with van der Waals surface area (Å²) in [7, 11) is -1.80. The molecule has 2 aliphatic rings. The number of sulfonamides is 1. The third-order valence-electron chi connectivity index (χ3n) is 7.55. The second kappa shape index (κ2) is 12.4. The predicted molar refractivity (Wildman–Crippen MR) is 144 cm³/mol. The van der Waals surface area contributed by atoms with E-state index in [2.05, 4.69) is 4.90 Å². The first-order chi connectivity index (χ1) is 18.3. The van der Waals surface area contributed by atoms with Crippen LogP contribution in [0.25, 0.3) is 0 Å². The first-order valence-electron chi connectivity index (χ1n) is 13.3. The topological polar surface area (TPSA) is 106 Å². The Kier molecular flexibility index (Phi) is 9.17. The average molecular weight is 547 g/mol. The van der Waals surface area contributed by atoms with E-state index in [1.54, 1.807) is 7.11 Å². The third-order valence-corrected chi connectivity index (χ3v) is 9.59. The van der Waals surface area contributed by atoms with Gasteiger partial charge in [0.15, 0.2) is 11.5 Å². The van der Waals surface area contributed by atoms with Gasteiger partial charge in [0.2, 0.25) is 16.8 Å². The fourth-order valence-corrected chi connectivity index (χ4v) is 7.12. The van der Waals surface area contributed by atoms with Crippen LogP contribution in [0.3, 0.4) is 0 Å². The van der Waals surface area contributed by atoms with Crippen molar-refractivity contribution in [2.24, 2.45) is 5.92 Å². The number of hydrogen-bond donors (Lipinski definition) is 1. The molecule has 0 spiro atoms. The zero-order valence-corrected chi connectivity index (χ0v) is 23.2. The highest BCUT2D eigenvalue weighted by atomic mass is 32.2. The maximum atomic E-state index is 13.0. The van der Waals surface area contributed by atoms with Crippen LogP contribution in [0.15, 0.2) is 42.5 Å². The molecule has 1 saturated heterocycles. The van der Waals surface area contributed by atoms with E-state index in [0.29, 0.717) is 49.8 Å². The Morgan fingerprint density at radius 1 is 1.08 bits per heavy atom. The number of unbranched alkanes of at least 4 members (excludes halogenated alkanes) is 2. The lowest BCUT2D eigenvalue weighted by atomic mass is 9.82. The van der Waals surface area contributed by atoms with Gasteiger partial charge in [-0.05, 0) is 41.8 Å². The molecule has 0 saturated carbocycles. The predicted octanol–water partition coefficient (Wildman–Crippen LogP) is 4.11. The van der Waals surface area contributed by atoms with Crippen LogP contribution in [0, 0.1) is 5.92 Å². The van der Waals surface area contributed by atoms with Gasteiger partial charge >= 0.3 is 5.97 Å². The fraction of sp³-hybridized carbons (Fsp3) is 0.536. The Labute approximate surface area is 225 Å². The van der Waals surface area contributed by atoms with Gasteiger partial charge in [-0.3, -0.25) is 9.69 Å². The molecule has 2 aliphatic heterocycles. The lowest BCUT2D eigenvalue weighted by Crippen LogP contribution is -2.40. The molecule has 1 fully saturated rings. The lowest BCUT2D eigenvalue weighted by molar-refractivity contribution is -0.143. The first-order valence-corrected chi connectivity index (χ1v) is 14.9. The van der Waals surface area contributed by atoms with Crippen molar-refractivity contribution >= 4 is 16.0 Å². The Balaban J connectivity index is 1.63. The summed E-state index contributed by atoms with van der Waals surface area (Å²) >= 11 is 0. The van der Waals surface area contributed by atoms with E-state index in [9.17, 15) is 18.3 Å². The molecule has 0 amide bonds. The van der Waals surface area contributed by atoms with Crippen molar-refractivity contribution in [1.29, 1.82) is 0 Å². The molecule has 0 radical (unpaired) electrons. The number of likely N-dealkylation sites (N-methyl/N-ethyl adjacent to an activating group) is 1. The standard InChI is InChI=1S/C28H38N2O7S/c1-4-6-7-16-38(33,34)30(5-2)15-14-29-18-23(21-10-13-24-25(17-21)37-19-36-24)26(28(31)32)27(29)20-8-11-22(35-3)12-9-20/h8-13,17,23,26-27H,4-7,14-16,18-19H2,1-3H3,(H,31,32)/t23-,26+,27-/m1/s1. The quantitative estimate of drug-likeness (QED) is 0.374. The molecule has 1 N–H and O–H groups in total. The molecule has 10 heteroatoms. The van der Waals surface area contributed by atoms with Gasteiger partial charge in [0.05, 0.1) is 18.8 Å². The van der Waals surface area contributed by atoms with Crippen LogP contribution < -0.4 is 14.2 Å². The Morgan fingerprint density at radius 2 is 1.79 bits per heavy atom. The van der Waals surface area contributed by atoms with Crippen molar-refractivity contribution in [1.82, 2.24) is 9.21 Å².